The average Bonchev–Trinajstić information content (AvgIpc) is 2.42. The lowest BCUT2D eigenvalue weighted by atomic mass is 9.95. The van der Waals surface area contributed by atoms with Gasteiger partial charge in [0.15, 0.2) is 0 Å². The van der Waals surface area contributed by atoms with Crippen molar-refractivity contribution in [3.8, 4) is 5.75 Å². The molecule has 0 aromatic heterocycles. The lowest BCUT2D eigenvalue weighted by Gasteiger charge is -2.47. The first-order valence-corrected chi connectivity index (χ1v) is 6.64. The van der Waals surface area contributed by atoms with Crippen LogP contribution in [-0.2, 0) is 9.53 Å². The number of carboxylic acid groups (broad SMARTS) is 1. The summed E-state index contributed by atoms with van der Waals surface area (Å²) in [6.07, 6.45) is 0. The maximum Gasteiger partial charge on any atom is 0.329 e. The van der Waals surface area contributed by atoms with Crippen LogP contribution in [0.1, 0.15) is 22.8 Å². The summed E-state index contributed by atoms with van der Waals surface area (Å²) < 4.78 is 10.5. The Morgan fingerprint density at radius 2 is 2.05 bits per heavy atom. The molecule has 21 heavy (non-hydrogen) atoms. The highest BCUT2D eigenvalue weighted by Gasteiger charge is 2.43. The number of aliphatic carboxylic acids is 1. The van der Waals surface area contributed by atoms with Crippen LogP contribution in [0.2, 0.25) is 0 Å². The third kappa shape index (κ3) is 3.33. The van der Waals surface area contributed by atoms with Crippen molar-refractivity contribution in [2.24, 2.45) is 0 Å². The lowest BCUT2D eigenvalue weighted by Crippen LogP contribution is -2.63. The van der Waals surface area contributed by atoms with E-state index in [0.717, 1.165) is 5.56 Å². The third-order valence-corrected chi connectivity index (χ3v) is 3.54. The van der Waals surface area contributed by atoms with Gasteiger partial charge >= 0.3 is 5.97 Å². The summed E-state index contributed by atoms with van der Waals surface area (Å²) in [6.45, 7) is 4.13. The third-order valence-electron chi connectivity index (χ3n) is 3.54. The molecule has 1 aromatic rings. The predicted octanol–water partition coefficient (Wildman–Crippen LogP) is 1.32. The van der Waals surface area contributed by atoms with Crippen LogP contribution in [0.15, 0.2) is 18.2 Å². The van der Waals surface area contributed by atoms with Gasteiger partial charge in [-0.2, -0.15) is 0 Å². The molecule has 1 amide bonds. The summed E-state index contributed by atoms with van der Waals surface area (Å²) in [6, 6.07) is 5.31. The van der Waals surface area contributed by atoms with E-state index in [9.17, 15) is 9.59 Å². The number of ether oxygens (including phenoxy) is 2. The van der Waals surface area contributed by atoms with Crippen LogP contribution in [0, 0.1) is 6.92 Å². The molecule has 0 bridgehead atoms. The van der Waals surface area contributed by atoms with Crippen molar-refractivity contribution in [1.82, 2.24) is 4.90 Å². The summed E-state index contributed by atoms with van der Waals surface area (Å²) in [7, 11) is 1.57. The van der Waals surface area contributed by atoms with Gasteiger partial charge in [-0.15, -0.1) is 0 Å². The highest BCUT2D eigenvalue weighted by molar-refractivity contribution is 5.95. The maximum atomic E-state index is 12.3. The minimum absolute atomic E-state index is 0.107. The first-order chi connectivity index (χ1) is 9.84. The molecule has 1 heterocycles. The number of amides is 1. The average molecular weight is 293 g/mol. The molecule has 1 saturated heterocycles. The number of likely N-dealkylation sites (tertiary alicyclic amines) is 1. The summed E-state index contributed by atoms with van der Waals surface area (Å²) in [5.74, 6) is -0.444. The van der Waals surface area contributed by atoms with Gasteiger partial charge in [-0.05, 0) is 31.5 Å². The second-order valence-corrected chi connectivity index (χ2v) is 5.48. The van der Waals surface area contributed by atoms with Gasteiger partial charge in [0.1, 0.15) is 18.0 Å². The van der Waals surface area contributed by atoms with E-state index < -0.39 is 11.6 Å². The number of hydrogen-bond acceptors (Lipinski definition) is 4. The normalized spacial score (nSPS) is 16.2. The molecule has 1 aliphatic heterocycles. The van der Waals surface area contributed by atoms with Gasteiger partial charge in [0, 0.05) is 5.56 Å². The molecule has 0 aliphatic carbocycles. The van der Waals surface area contributed by atoms with Gasteiger partial charge in [0.25, 0.3) is 5.91 Å². The number of hydrogen-bond donors (Lipinski definition) is 1. The van der Waals surface area contributed by atoms with Crippen molar-refractivity contribution < 1.29 is 24.2 Å². The molecular formula is C15H19NO5. The molecule has 6 heteroatoms. The van der Waals surface area contributed by atoms with Gasteiger partial charge in [-0.3, -0.25) is 4.79 Å². The second-order valence-electron chi connectivity index (χ2n) is 5.48. The molecule has 6 nitrogen and oxygen atoms in total. The molecule has 0 unspecified atom stereocenters. The van der Waals surface area contributed by atoms with E-state index >= 15 is 0 Å². The van der Waals surface area contributed by atoms with Gasteiger partial charge in [0.2, 0.25) is 0 Å². The van der Waals surface area contributed by atoms with Crippen LogP contribution in [0.3, 0.4) is 0 Å². The van der Waals surface area contributed by atoms with Crippen molar-refractivity contribution >= 4 is 11.9 Å². The van der Waals surface area contributed by atoms with Crippen LogP contribution in [0.4, 0.5) is 0 Å². The molecule has 0 saturated carbocycles. The minimum atomic E-state index is -1.01. The van der Waals surface area contributed by atoms with Gasteiger partial charge in [-0.1, -0.05) is 6.07 Å². The van der Waals surface area contributed by atoms with E-state index in [2.05, 4.69) is 0 Å². The zero-order valence-electron chi connectivity index (χ0n) is 12.4. The molecule has 1 fully saturated rings. The van der Waals surface area contributed by atoms with Crippen molar-refractivity contribution in [2.75, 3.05) is 26.8 Å². The highest BCUT2D eigenvalue weighted by atomic mass is 16.5. The van der Waals surface area contributed by atoms with Crippen molar-refractivity contribution in [3.05, 3.63) is 29.3 Å². The molecule has 0 atom stereocenters. The maximum absolute atomic E-state index is 12.3. The Morgan fingerprint density at radius 3 is 2.62 bits per heavy atom. The SMILES string of the molecule is COc1cc(C(=O)N2CC(C)(OCC(=O)O)C2)ccc1C. The summed E-state index contributed by atoms with van der Waals surface area (Å²) in [5.41, 5.74) is 0.938. The fourth-order valence-electron chi connectivity index (χ4n) is 2.37. The van der Waals surface area contributed by atoms with Crippen LogP contribution in [0.5, 0.6) is 5.75 Å². The molecule has 1 aliphatic rings. The fourth-order valence-corrected chi connectivity index (χ4v) is 2.37. The molecule has 1 N–H and O–H groups in total. The van der Waals surface area contributed by atoms with E-state index in [1.807, 2.05) is 13.0 Å². The molecule has 1 aromatic carbocycles. The zero-order chi connectivity index (χ0) is 15.6. The highest BCUT2D eigenvalue weighted by Crippen LogP contribution is 2.27. The van der Waals surface area contributed by atoms with Crippen molar-refractivity contribution in [3.63, 3.8) is 0 Å². The Hall–Kier alpha value is -2.08. The van der Waals surface area contributed by atoms with Gasteiger partial charge < -0.3 is 19.5 Å². The van der Waals surface area contributed by atoms with E-state index in [1.165, 1.54) is 0 Å². The predicted molar refractivity (Wildman–Crippen MR) is 75.6 cm³/mol. The second kappa shape index (κ2) is 5.73. The van der Waals surface area contributed by atoms with Gasteiger partial charge in [-0.25, -0.2) is 4.79 Å². The van der Waals surface area contributed by atoms with E-state index in [4.69, 9.17) is 14.6 Å². The minimum Gasteiger partial charge on any atom is -0.496 e. The molecular weight excluding hydrogens is 274 g/mol. The summed E-state index contributed by atoms with van der Waals surface area (Å²) in [5, 5.41) is 8.61. The lowest BCUT2D eigenvalue weighted by molar-refractivity contribution is -0.159. The quantitative estimate of drug-likeness (QED) is 0.886. The van der Waals surface area contributed by atoms with E-state index in [0.29, 0.717) is 24.4 Å². The first kappa shape index (κ1) is 15.3. The number of benzene rings is 1. The number of carboxylic acids is 1. The Bertz CT molecular complexity index is 563. The number of aryl methyl sites for hydroxylation is 1. The first-order valence-electron chi connectivity index (χ1n) is 6.64. The summed E-state index contributed by atoms with van der Waals surface area (Å²) in [4.78, 5) is 24.5. The van der Waals surface area contributed by atoms with Gasteiger partial charge in [0.05, 0.1) is 20.2 Å². The largest absolute Gasteiger partial charge is 0.496 e. The number of methoxy groups -OCH3 is 1. The number of rotatable bonds is 5. The van der Waals surface area contributed by atoms with E-state index in [-0.39, 0.29) is 12.5 Å². The monoisotopic (exact) mass is 293 g/mol. The summed E-state index contributed by atoms with van der Waals surface area (Å²) >= 11 is 0. The number of carbonyl (C=O) groups excluding carboxylic acids is 1. The van der Waals surface area contributed by atoms with Crippen LogP contribution >= 0.6 is 0 Å². The molecule has 114 valence electrons. The molecule has 0 spiro atoms. The van der Waals surface area contributed by atoms with Crippen molar-refractivity contribution in [1.29, 1.82) is 0 Å². The Labute approximate surface area is 123 Å². The zero-order valence-corrected chi connectivity index (χ0v) is 12.4. The Morgan fingerprint density at radius 1 is 1.38 bits per heavy atom. The fraction of sp³-hybridized carbons (Fsp3) is 0.467. The number of nitrogens with zero attached hydrogens (tertiary/aromatic N) is 1. The van der Waals surface area contributed by atoms with Crippen LogP contribution in [-0.4, -0.2) is 54.3 Å². The topological polar surface area (TPSA) is 76.1 Å². The smallest absolute Gasteiger partial charge is 0.329 e. The van der Waals surface area contributed by atoms with Crippen molar-refractivity contribution in [2.45, 2.75) is 19.4 Å². The standard InChI is InChI=1S/C15H19NO5/c1-10-4-5-11(6-12(10)20-3)14(19)16-8-15(2,9-16)21-7-13(17)18/h4-6H,7-9H2,1-3H3,(H,17,18). The Kier molecular flexibility index (Phi) is 4.18. The molecule has 2 rings (SSSR count). The number of carbonyl (C=O) groups is 2. The Balaban J connectivity index is 1.99. The van der Waals surface area contributed by atoms with Crippen LogP contribution in [0.25, 0.3) is 0 Å². The van der Waals surface area contributed by atoms with Crippen LogP contribution < -0.4 is 4.74 Å². The molecule has 0 radical (unpaired) electrons. The van der Waals surface area contributed by atoms with E-state index in [1.54, 1.807) is 31.1 Å².